The number of aliphatic imine (C=N–C) groups is 1. The van der Waals surface area contributed by atoms with Crippen LogP contribution >= 0.6 is 0 Å². The van der Waals surface area contributed by atoms with Gasteiger partial charge in [-0.15, -0.1) is 0 Å². The van der Waals surface area contributed by atoms with Gasteiger partial charge in [0, 0.05) is 11.8 Å². The highest BCUT2D eigenvalue weighted by Gasteiger charge is 2.05. The number of aldehydes is 1. The molecule has 0 saturated carbocycles. The van der Waals surface area contributed by atoms with Crippen LogP contribution in [0.3, 0.4) is 0 Å². The van der Waals surface area contributed by atoms with Crippen LogP contribution in [0.1, 0.15) is 21.5 Å². The van der Waals surface area contributed by atoms with Gasteiger partial charge in [0.05, 0.1) is 18.7 Å². The predicted octanol–water partition coefficient (Wildman–Crippen LogP) is 0.924. The second kappa shape index (κ2) is 5.26. The number of phenols is 1. The monoisotopic (exact) mass is 207 g/mol. The van der Waals surface area contributed by atoms with Crippen LogP contribution in [0.4, 0.5) is 0 Å². The van der Waals surface area contributed by atoms with Gasteiger partial charge in [-0.1, -0.05) is 0 Å². The fraction of sp³-hybridized carbons (Fsp3) is 0.273. The average molecular weight is 207 g/mol. The number of aromatic hydroxyl groups is 1. The lowest BCUT2D eigenvalue weighted by Crippen LogP contribution is -1.93. The zero-order valence-electron chi connectivity index (χ0n) is 8.47. The van der Waals surface area contributed by atoms with E-state index >= 15 is 0 Å². The van der Waals surface area contributed by atoms with Crippen molar-refractivity contribution in [3.63, 3.8) is 0 Å². The van der Waals surface area contributed by atoms with Crippen molar-refractivity contribution in [1.82, 2.24) is 0 Å². The number of benzene rings is 1. The maximum atomic E-state index is 10.6. The van der Waals surface area contributed by atoms with E-state index in [4.69, 9.17) is 5.11 Å². The van der Waals surface area contributed by atoms with Crippen molar-refractivity contribution in [2.75, 3.05) is 13.2 Å². The number of nitrogens with zero attached hydrogens (tertiary/aromatic N) is 1. The third-order valence-electron chi connectivity index (χ3n) is 1.90. The Morgan fingerprint density at radius 3 is 2.67 bits per heavy atom. The molecule has 2 N–H and O–H groups in total. The number of aliphatic hydroxyl groups is 1. The number of carbonyl (C=O) groups excluding carboxylic acids is 1. The third kappa shape index (κ3) is 2.89. The summed E-state index contributed by atoms with van der Waals surface area (Å²) in [6.45, 7) is 2.07. The normalized spacial score (nSPS) is 10.8. The molecule has 80 valence electrons. The number of phenolic OH excluding ortho intramolecular Hbond substituents is 1. The molecule has 4 nitrogen and oxygen atoms in total. The van der Waals surface area contributed by atoms with Crippen molar-refractivity contribution >= 4 is 12.5 Å². The first-order chi connectivity index (χ1) is 7.19. The van der Waals surface area contributed by atoms with Crippen LogP contribution < -0.4 is 0 Å². The Morgan fingerprint density at radius 1 is 1.40 bits per heavy atom. The van der Waals surface area contributed by atoms with Crippen molar-refractivity contribution in [2.24, 2.45) is 4.99 Å². The van der Waals surface area contributed by atoms with Gasteiger partial charge >= 0.3 is 0 Å². The van der Waals surface area contributed by atoms with Crippen LogP contribution in [0.15, 0.2) is 17.1 Å². The van der Waals surface area contributed by atoms with E-state index in [1.54, 1.807) is 12.1 Å². The zero-order valence-corrected chi connectivity index (χ0v) is 8.47. The highest BCUT2D eigenvalue weighted by atomic mass is 16.3. The van der Waals surface area contributed by atoms with E-state index in [1.807, 2.05) is 6.92 Å². The molecule has 0 spiro atoms. The summed E-state index contributed by atoms with van der Waals surface area (Å²) >= 11 is 0. The van der Waals surface area contributed by atoms with Gasteiger partial charge in [-0.3, -0.25) is 9.79 Å². The summed E-state index contributed by atoms with van der Waals surface area (Å²) < 4.78 is 0. The first-order valence-corrected chi connectivity index (χ1v) is 4.58. The van der Waals surface area contributed by atoms with E-state index in [0.717, 1.165) is 5.56 Å². The minimum absolute atomic E-state index is 0.0381. The van der Waals surface area contributed by atoms with Crippen molar-refractivity contribution < 1.29 is 15.0 Å². The van der Waals surface area contributed by atoms with Crippen LogP contribution in [0, 0.1) is 6.92 Å². The van der Waals surface area contributed by atoms with Gasteiger partial charge in [-0.2, -0.15) is 0 Å². The smallest absolute Gasteiger partial charge is 0.153 e. The minimum atomic E-state index is -0.0720. The molecule has 15 heavy (non-hydrogen) atoms. The second-order valence-corrected chi connectivity index (χ2v) is 3.17. The highest BCUT2D eigenvalue weighted by molar-refractivity contribution is 5.90. The number of hydrogen-bond donors (Lipinski definition) is 2. The largest absolute Gasteiger partial charge is 0.507 e. The number of aryl methyl sites for hydroxylation is 1. The minimum Gasteiger partial charge on any atom is -0.507 e. The lowest BCUT2D eigenvalue weighted by atomic mass is 10.1. The van der Waals surface area contributed by atoms with Gasteiger partial charge in [0.2, 0.25) is 0 Å². The van der Waals surface area contributed by atoms with Crippen LogP contribution in [-0.4, -0.2) is 35.9 Å². The first-order valence-electron chi connectivity index (χ1n) is 4.58. The Kier molecular flexibility index (Phi) is 4.00. The van der Waals surface area contributed by atoms with Gasteiger partial charge in [-0.25, -0.2) is 0 Å². The van der Waals surface area contributed by atoms with Gasteiger partial charge in [0.15, 0.2) is 6.29 Å². The summed E-state index contributed by atoms with van der Waals surface area (Å²) in [5, 5.41) is 18.2. The molecular weight excluding hydrogens is 194 g/mol. The Labute approximate surface area is 87.9 Å². The maximum Gasteiger partial charge on any atom is 0.153 e. The Bertz CT molecular complexity index is 386. The summed E-state index contributed by atoms with van der Waals surface area (Å²) in [6.07, 6.45) is 2.05. The molecule has 0 amide bonds. The molecule has 0 atom stereocenters. The molecule has 4 heteroatoms. The standard InChI is InChI=1S/C11H13NO3/c1-8-4-9(6-12-2-3-13)11(15)10(5-8)7-14/h4-7,13,15H,2-3H2,1H3. The molecule has 0 unspecified atom stereocenters. The summed E-state index contributed by atoms with van der Waals surface area (Å²) in [7, 11) is 0. The molecule has 0 aromatic heterocycles. The van der Waals surface area contributed by atoms with Crippen molar-refractivity contribution in [3.8, 4) is 5.75 Å². The first kappa shape index (κ1) is 11.4. The topological polar surface area (TPSA) is 69.9 Å². The molecule has 0 bridgehead atoms. The predicted molar refractivity (Wildman–Crippen MR) is 57.8 cm³/mol. The molecule has 1 rings (SSSR count). The van der Waals surface area contributed by atoms with Gasteiger partial charge < -0.3 is 10.2 Å². The van der Waals surface area contributed by atoms with E-state index in [0.29, 0.717) is 11.8 Å². The molecule has 0 aliphatic heterocycles. The molecule has 1 aromatic rings. The van der Waals surface area contributed by atoms with Crippen LogP contribution in [0.5, 0.6) is 5.75 Å². The van der Waals surface area contributed by atoms with Crippen LogP contribution in [-0.2, 0) is 0 Å². The summed E-state index contributed by atoms with van der Waals surface area (Å²) in [5.74, 6) is -0.0720. The van der Waals surface area contributed by atoms with Gasteiger partial charge in [0.25, 0.3) is 0 Å². The molecule has 0 fully saturated rings. The lowest BCUT2D eigenvalue weighted by molar-refractivity contribution is 0.112. The van der Waals surface area contributed by atoms with Crippen molar-refractivity contribution in [3.05, 3.63) is 28.8 Å². The van der Waals surface area contributed by atoms with Crippen LogP contribution in [0.2, 0.25) is 0 Å². The average Bonchev–Trinajstić information content (AvgIpc) is 2.23. The van der Waals surface area contributed by atoms with E-state index in [9.17, 15) is 9.90 Å². The SMILES string of the molecule is Cc1cc(C=O)c(O)c(C=NCCO)c1. The van der Waals surface area contributed by atoms with E-state index in [-0.39, 0.29) is 24.5 Å². The quantitative estimate of drug-likeness (QED) is 0.570. The Hall–Kier alpha value is -1.68. The van der Waals surface area contributed by atoms with E-state index < -0.39 is 0 Å². The van der Waals surface area contributed by atoms with Crippen LogP contribution in [0.25, 0.3) is 0 Å². The summed E-state index contributed by atoms with van der Waals surface area (Å²) in [5.41, 5.74) is 1.62. The Balaban J connectivity index is 3.06. The summed E-state index contributed by atoms with van der Waals surface area (Å²) in [4.78, 5) is 14.5. The van der Waals surface area contributed by atoms with Gasteiger partial charge in [-0.05, 0) is 24.6 Å². The molecule has 1 aromatic carbocycles. The summed E-state index contributed by atoms with van der Waals surface area (Å²) in [6, 6.07) is 3.33. The molecule has 0 aliphatic rings. The Morgan fingerprint density at radius 2 is 2.07 bits per heavy atom. The molecule has 0 saturated heterocycles. The molecule has 0 radical (unpaired) electrons. The highest BCUT2D eigenvalue weighted by Crippen LogP contribution is 2.21. The third-order valence-corrected chi connectivity index (χ3v) is 1.90. The van der Waals surface area contributed by atoms with E-state index in [2.05, 4.69) is 4.99 Å². The molecular formula is C11H13NO3. The zero-order chi connectivity index (χ0) is 11.3. The maximum absolute atomic E-state index is 10.6. The van der Waals surface area contributed by atoms with E-state index in [1.165, 1.54) is 6.21 Å². The number of aliphatic hydroxyl groups excluding tert-OH is 1. The molecule has 0 heterocycles. The van der Waals surface area contributed by atoms with Gasteiger partial charge in [0.1, 0.15) is 5.75 Å². The number of rotatable bonds is 4. The fourth-order valence-corrected chi connectivity index (χ4v) is 1.24. The fourth-order valence-electron chi connectivity index (χ4n) is 1.24. The number of carbonyl (C=O) groups is 1. The second-order valence-electron chi connectivity index (χ2n) is 3.17. The molecule has 0 aliphatic carbocycles. The lowest BCUT2D eigenvalue weighted by Gasteiger charge is -2.03. The van der Waals surface area contributed by atoms with Crippen molar-refractivity contribution in [1.29, 1.82) is 0 Å². The van der Waals surface area contributed by atoms with Crippen molar-refractivity contribution in [2.45, 2.75) is 6.92 Å². The number of hydrogen-bond acceptors (Lipinski definition) is 4.